The maximum absolute atomic E-state index is 8.29. The lowest BCUT2D eigenvalue weighted by Gasteiger charge is -2.16. The van der Waals surface area contributed by atoms with Crippen molar-refractivity contribution in [1.29, 1.82) is 5.41 Å². The SMILES string of the molecule is CCNc1nc2cc(C(C(C)=N)=C(C)C)c(OC)cc2n2c(Cc3ccccn3)nnc12. The van der Waals surface area contributed by atoms with Gasteiger partial charge in [-0.3, -0.25) is 9.38 Å². The molecule has 2 N–H and O–H groups in total. The van der Waals surface area contributed by atoms with E-state index in [1.54, 1.807) is 20.2 Å². The van der Waals surface area contributed by atoms with Gasteiger partial charge in [-0.2, -0.15) is 0 Å². The van der Waals surface area contributed by atoms with Gasteiger partial charge < -0.3 is 15.5 Å². The van der Waals surface area contributed by atoms with Gasteiger partial charge in [-0.05, 0) is 45.9 Å². The normalized spacial score (nSPS) is 11.0. The zero-order valence-corrected chi connectivity index (χ0v) is 19.0. The minimum atomic E-state index is 0.482. The number of rotatable bonds is 7. The van der Waals surface area contributed by atoms with Crippen molar-refractivity contribution < 1.29 is 4.74 Å². The van der Waals surface area contributed by atoms with Crippen LogP contribution in [0.15, 0.2) is 42.1 Å². The molecule has 0 amide bonds. The number of ether oxygens (including phenoxy) is 1. The summed E-state index contributed by atoms with van der Waals surface area (Å²) in [5.41, 5.74) is 6.41. The van der Waals surface area contributed by atoms with E-state index in [1.807, 2.05) is 55.5 Å². The molecule has 4 aromatic rings. The zero-order chi connectivity index (χ0) is 22.8. The van der Waals surface area contributed by atoms with Crippen molar-refractivity contribution in [2.45, 2.75) is 34.1 Å². The summed E-state index contributed by atoms with van der Waals surface area (Å²) in [6.07, 6.45) is 2.31. The van der Waals surface area contributed by atoms with Crippen LogP contribution in [0, 0.1) is 5.41 Å². The third-order valence-electron chi connectivity index (χ3n) is 5.27. The molecule has 3 heterocycles. The third-order valence-corrected chi connectivity index (χ3v) is 5.27. The molecule has 0 unspecified atom stereocenters. The molecule has 0 saturated heterocycles. The fourth-order valence-electron chi connectivity index (χ4n) is 4.00. The molecule has 0 aliphatic carbocycles. The number of allylic oxidation sites excluding steroid dienone is 2. The van der Waals surface area contributed by atoms with Crippen molar-refractivity contribution in [2.75, 3.05) is 19.0 Å². The number of anilines is 1. The van der Waals surface area contributed by atoms with Crippen LogP contribution in [-0.2, 0) is 6.42 Å². The second-order valence-electron chi connectivity index (χ2n) is 7.81. The number of fused-ring (bicyclic) bond motifs is 3. The molecule has 0 fully saturated rings. The molecule has 3 aromatic heterocycles. The molecule has 0 aliphatic rings. The molecule has 164 valence electrons. The fraction of sp³-hybridized carbons (Fsp3) is 0.292. The van der Waals surface area contributed by atoms with Gasteiger partial charge in [0.15, 0.2) is 5.82 Å². The highest BCUT2D eigenvalue weighted by atomic mass is 16.5. The van der Waals surface area contributed by atoms with Gasteiger partial charge in [0.2, 0.25) is 5.65 Å². The van der Waals surface area contributed by atoms with Gasteiger partial charge in [0, 0.05) is 41.4 Å². The van der Waals surface area contributed by atoms with Gasteiger partial charge in [0.25, 0.3) is 0 Å². The van der Waals surface area contributed by atoms with Crippen molar-refractivity contribution in [3.05, 3.63) is 59.2 Å². The summed E-state index contributed by atoms with van der Waals surface area (Å²) in [5, 5.41) is 20.5. The van der Waals surface area contributed by atoms with Crippen LogP contribution in [0.25, 0.3) is 22.3 Å². The highest BCUT2D eigenvalue weighted by Crippen LogP contribution is 2.34. The smallest absolute Gasteiger partial charge is 0.204 e. The average Bonchev–Trinajstić information content (AvgIpc) is 3.18. The zero-order valence-electron chi connectivity index (χ0n) is 19.0. The van der Waals surface area contributed by atoms with Crippen molar-refractivity contribution in [1.82, 2.24) is 24.6 Å². The lowest BCUT2D eigenvalue weighted by molar-refractivity contribution is 0.414. The molecule has 0 saturated carbocycles. The predicted octanol–water partition coefficient (Wildman–Crippen LogP) is 4.54. The van der Waals surface area contributed by atoms with Crippen LogP contribution in [0.5, 0.6) is 5.75 Å². The van der Waals surface area contributed by atoms with E-state index in [9.17, 15) is 0 Å². The van der Waals surface area contributed by atoms with E-state index in [0.29, 0.717) is 35.9 Å². The lowest BCUT2D eigenvalue weighted by atomic mass is 9.96. The number of aromatic nitrogens is 5. The lowest BCUT2D eigenvalue weighted by Crippen LogP contribution is -2.07. The summed E-state index contributed by atoms with van der Waals surface area (Å²) in [7, 11) is 1.64. The molecule has 8 nitrogen and oxygen atoms in total. The van der Waals surface area contributed by atoms with E-state index in [2.05, 4.69) is 20.5 Å². The van der Waals surface area contributed by atoms with Crippen LogP contribution in [0.2, 0.25) is 0 Å². The number of methoxy groups -OCH3 is 1. The Bertz CT molecular complexity index is 1340. The Morgan fingerprint density at radius 1 is 1.16 bits per heavy atom. The van der Waals surface area contributed by atoms with Gasteiger partial charge in [-0.1, -0.05) is 11.6 Å². The fourth-order valence-corrected chi connectivity index (χ4v) is 4.00. The Balaban J connectivity index is 2.03. The number of nitrogens with zero attached hydrogens (tertiary/aromatic N) is 5. The van der Waals surface area contributed by atoms with Crippen LogP contribution >= 0.6 is 0 Å². The first-order valence-corrected chi connectivity index (χ1v) is 10.6. The summed E-state index contributed by atoms with van der Waals surface area (Å²) >= 11 is 0. The maximum atomic E-state index is 8.29. The Labute approximate surface area is 186 Å². The summed E-state index contributed by atoms with van der Waals surface area (Å²) in [4.78, 5) is 9.29. The van der Waals surface area contributed by atoms with Crippen molar-refractivity contribution >= 4 is 33.8 Å². The molecule has 0 spiro atoms. The van der Waals surface area contributed by atoms with Gasteiger partial charge in [0.1, 0.15) is 11.6 Å². The third kappa shape index (κ3) is 3.79. The Morgan fingerprint density at radius 3 is 2.59 bits per heavy atom. The largest absolute Gasteiger partial charge is 0.496 e. The molecular weight excluding hydrogens is 402 g/mol. The first-order valence-electron chi connectivity index (χ1n) is 10.6. The Kier molecular flexibility index (Phi) is 5.85. The van der Waals surface area contributed by atoms with E-state index in [1.165, 1.54) is 0 Å². The first kappa shape index (κ1) is 21.4. The highest BCUT2D eigenvalue weighted by Gasteiger charge is 2.20. The molecule has 0 atom stereocenters. The maximum Gasteiger partial charge on any atom is 0.204 e. The van der Waals surface area contributed by atoms with Gasteiger partial charge >= 0.3 is 0 Å². The van der Waals surface area contributed by atoms with E-state index in [0.717, 1.165) is 39.3 Å². The molecule has 1 aromatic carbocycles. The summed E-state index contributed by atoms with van der Waals surface area (Å²) in [5.74, 6) is 2.11. The summed E-state index contributed by atoms with van der Waals surface area (Å²) < 4.78 is 7.77. The van der Waals surface area contributed by atoms with Crippen LogP contribution < -0.4 is 10.1 Å². The molecule has 0 aliphatic heterocycles. The second-order valence-corrected chi connectivity index (χ2v) is 7.81. The van der Waals surface area contributed by atoms with E-state index < -0.39 is 0 Å². The molecule has 8 heteroatoms. The molecular formula is C24H27N7O. The molecule has 0 radical (unpaired) electrons. The number of benzene rings is 1. The van der Waals surface area contributed by atoms with E-state index >= 15 is 0 Å². The number of pyridine rings is 1. The Morgan fingerprint density at radius 2 is 1.97 bits per heavy atom. The molecule has 32 heavy (non-hydrogen) atoms. The summed E-state index contributed by atoms with van der Waals surface area (Å²) in [6, 6.07) is 9.77. The van der Waals surface area contributed by atoms with Gasteiger partial charge in [0.05, 0.1) is 24.6 Å². The monoisotopic (exact) mass is 429 g/mol. The molecule has 4 rings (SSSR count). The van der Waals surface area contributed by atoms with Crippen LogP contribution in [0.4, 0.5) is 5.82 Å². The standard InChI is InChI=1S/C24H27N7O/c1-6-26-23-24-30-29-21(11-16-9-7-8-10-27-16)31(24)19-13-20(32-5)17(12-18(19)28-23)22(14(2)3)15(4)25/h7-10,12-13,25H,6,11H2,1-5H3,(H,26,28). The van der Waals surface area contributed by atoms with Crippen LogP contribution in [-0.4, -0.2) is 43.9 Å². The van der Waals surface area contributed by atoms with Crippen molar-refractivity contribution in [3.8, 4) is 5.75 Å². The van der Waals surface area contributed by atoms with Crippen LogP contribution in [0.3, 0.4) is 0 Å². The average molecular weight is 430 g/mol. The quantitative estimate of drug-likeness (QED) is 0.418. The minimum Gasteiger partial charge on any atom is -0.496 e. The van der Waals surface area contributed by atoms with Crippen molar-refractivity contribution in [2.24, 2.45) is 0 Å². The predicted molar refractivity (Wildman–Crippen MR) is 128 cm³/mol. The number of hydrogen-bond donors (Lipinski definition) is 2. The van der Waals surface area contributed by atoms with Crippen molar-refractivity contribution in [3.63, 3.8) is 0 Å². The summed E-state index contributed by atoms with van der Waals surface area (Å²) in [6.45, 7) is 8.52. The number of hydrogen-bond acceptors (Lipinski definition) is 7. The topological polar surface area (TPSA) is 101 Å². The van der Waals surface area contributed by atoms with E-state index in [4.69, 9.17) is 15.1 Å². The molecule has 0 bridgehead atoms. The van der Waals surface area contributed by atoms with E-state index in [-0.39, 0.29) is 0 Å². The van der Waals surface area contributed by atoms with Crippen LogP contribution in [0.1, 0.15) is 44.8 Å². The second kappa shape index (κ2) is 8.74. The van der Waals surface area contributed by atoms with Gasteiger partial charge in [-0.25, -0.2) is 4.98 Å². The minimum absolute atomic E-state index is 0.482. The van der Waals surface area contributed by atoms with Gasteiger partial charge in [-0.15, -0.1) is 10.2 Å². The number of nitrogens with one attached hydrogen (secondary N) is 2. The Hall–Kier alpha value is -3.81. The highest BCUT2D eigenvalue weighted by molar-refractivity contribution is 6.23. The first-order chi connectivity index (χ1) is 15.4.